The number of carbonyl (C=O) groups is 1. The molecule has 3 nitrogen and oxygen atoms in total. The molecule has 1 aromatic carbocycles. The van der Waals surface area contributed by atoms with Crippen molar-refractivity contribution in [3.8, 4) is 0 Å². The lowest BCUT2D eigenvalue weighted by atomic mass is 10.1. The molecule has 0 spiro atoms. The number of rotatable bonds is 2. The Bertz CT molecular complexity index is 375. The number of anilines is 1. The van der Waals surface area contributed by atoms with Crippen molar-refractivity contribution in [1.82, 2.24) is 5.32 Å². The third kappa shape index (κ3) is 2.61. The van der Waals surface area contributed by atoms with Gasteiger partial charge in [-0.1, -0.05) is 6.07 Å². The van der Waals surface area contributed by atoms with Crippen LogP contribution >= 0.6 is 0 Å². The molecule has 0 saturated carbocycles. The molecule has 3 heteroatoms. The maximum absolute atomic E-state index is 11.9. The highest BCUT2D eigenvalue weighted by Crippen LogP contribution is 2.16. The molecule has 0 aliphatic carbocycles. The summed E-state index contributed by atoms with van der Waals surface area (Å²) >= 11 is 0. The third-order valence-corrected chi connectivity index (χ3v) is 2.92. The van der Waals surface area contributed by atoms with Crippen molar-refractivity contribution in [3.05, 3.63) is 29.3 Å². The van der Waals surface area contributed by atoms with E-state index in [0.717, 1.165) is 25.2 Å². The first-order valence-corrected chi connectivity index (χ1v) is 5.75. The van der Waals surface area contributed by atoms with Crippen molar-refractivity contribution >= 4 is 11.6 Å². The van der Waals surface area contributed by atoms with Crippen LogP contribution in [0.25, 0.3) is 0 Å². The second-order valence-electron chi connectivity index (χ2n) is 4.56. The highest BCUT2D eigenvalue weighted by atomic mass is 16.1. The van der Waals surface area contributed by atoms with Gasteiger partial charge in [0.05, 0.1) is 5.92 Å². The lowest BCUT2D eigenvalue weighted by molar-refractivity contribution is -0.119. The molecular formula is C13H18N2O. The first kappa shape index (κ1) is 11.1. The summed E-state index contributed by atoms with van der Waals surface area (Å²) in [6.45, 7) is 5.83. The van der Waals surface area contributed by atoms with Crippen LogP contribution in [-0.4, -0.2) is 19.0 Å². The fourth-order valence-electron chi connectivity index (χ4n) is 2.17. The highest BCUT2D eigenvalue weighted by Gasteiger charge is 2.22. The van der Waals surface area contributed by atoms with Crippen LogP contribution in [0.4, 0.5) is 5.69 Å². The molecular weight excluding hydrogens is 200 g/mol. The van der Waals surface area contributed by atoms with Crippen LogP contribution in [0.15, 0.2) is 18.2 Å². The zero-order valence-electron chi connectivity index (χ0n) is 9.84. The zero-order chi connectivity index (χ0) is 11.5. The summed E-state index contributed by atoms with van der Waals surface area (Å²) in [6.07, 6.45) is 0.941. The van der Waals surface area contributed by atoms with E-state index >= 15 is 0 Å². The minimum absolute atomic E-state index is 0.126. The van der Waals surface area contributed by atoms with Gasteiger partial charge < -0.3 is 10.6 Å². The number of carbonyl (C=O) groups excluding carboxylic acids is 1. The lowest BCUT2D eigenvalue weighted by Crippen LogP contribution is -2.24. The van der Waals surface area contributed by atoms with Crippen LogP contribution < -0.4 is 10.6 Å². The van der Waals surface area contributed by atoms with Crippen molar-refractivity contribution in [2.45, 2.75) is 20.3 Å². The van der Waals surface area contributed by atoms with E-state index < -0.39 is 0 Å². The normalized spacial score (nSPS) is 19.8. The molecule has 0 radical (unpaired) electrons. The summed E-state index contributed by atoms with van der Waals surface area (Å²) in [5.41, 5.74) is 3.27. The molecule has 1 unspecified atom stereocenters. The van der Waals surface area contributed by atoms with Gasteiger partial charge in [-0.3, -0.25) is 4.79 Å². The molecule has 2 N–H and O–H groups in total. The second kappa shape index (κ2) is 4.66. The topological polar surface area (TPSA) is 41.1 Å². The molecule has 1 aromatic rings. The van der Waals surface area contributed by atoms with Crippen molar-refractivity contribution in [2.24, 2.45) is 5.92 Å². The Kier molecular flexibility index (Phi) is 3.25. The van der Waals surface area contributed by atoms with Crippen LogP contribution in [0.2, 0.25) is 0 Å². The number of amides is 1. The molecule has 0 aromatic heterocycles. The molecule has 1 aliphatic heterocycles. The quantitative estimate of drug-likeness (QED) is 0.795. The molecule has 1 heterocycles. The minimum Gasteiger partial charge on any atom is -0.326 e. The molecule has 0 bridgehead atoms. The highest BCUT2D eigenvalue weighted by molar-refractivity contribution is 5.93. The first-order valence-electron chi connectivity index (χ1n) is 5.75. The fraction of sp³-hybridized carbons (Fsp3) is 0.462. The van der Waals surface area contributed by atoms with Crippen LogP contribution in [0.1, 0.15) is 17.5 Å². The van der Waals surface area contributed by atoms with Crippen molar-refractivity contribution < 1.29 is 4.79 Å². The van der Waals surface area contributed by atoms with Gasteiger partial charge in [0.2, 0.25) is 5.91 Å². The van der Waals surface area contributed by atoms with Gasteiger partial charge >= 0.3 is 0 Å². The van der Waals surface area contributed by atoms with E-state index in [1.807, 2.05) is 26.0 Å². The monoisotopic (exact) mass is 218 g/mol. The SMILES string of the molecule is Cc1cc(C)cc(NC(=O)C2CCNC2)c1. The molecule has 86 valence electrons. The van der Waals surface area contributed by atoms with Crippen molar-refractivity contribution in [3.63, 3.8) is 0 Å². The standard InChI is InChI=1S/C13H18N2O/c1-9-5-10(2)7-12(6-9)15-13(16)11-3-4-14-8-11/h5-7,11,14H,3-4,8H2,1-2H3,(H,15,16). The predicted molar refractivity (Wildman–Crippen MR) is 65.5 cm³/mol. The molecule has 1 aliphatic rings. The summed E-state index contributed by atoms with van der Waals surface area (Å²) < 4.78 is 0. The Labute approximate surface area is 96.2 Å². The Morgan fingerprint density at radius 1 is 1.31 bits per heavy atom. The number of hydrogen-bond acceptors (Lipinski definition) is 2. The lowest BCUT2D eigenvalue weighted by Gasteiger charge is -2.11. The average molecular weight is 218 g/mol. The van der Waals surface area contributed by atoms with Crippen LogP contribution in [0.3, 0.4) is 0 Å². The van der Waals surface area contributed by atoms with E-state index in [2.05, 4.69) is 16.7 Å². The minimum atomic E-state index is 0.126. The van der Waals surface area contributed by atoms with E-state index in [-0.39, 0.29) is 11.8 Å². The van der Waals surface area contributed by atoms with Gasteiger partial charge in [0, 0.05) is 12.2 Å². The summed E-state index contributed by atoms with van der Waals surface area (Å²) in [7, 11) is 0. The average Bonchev–Trinajstić information content (AvgIpc) is 2.68. The maximum Gasteiger partial charge on any atom is 0.228 e. The summed E-state index contributed by atoms with van der Waals surface area (Å²) in [5, 5.41) is 6.19. The molecule has 1 atom stereocenters. The van der Waals surface area contributed by atoms with Gasteiger partial charge in [-0.2, -0.15) is 0 Å². The molecule has 1 saturated heterocycles. The number of benzene rings is 1. The van der Waals surface area contributed by atoms with Crippen LogP contribution in [0.5, 0.6) is 0 Å². The molecule has 16 heavy (non-hydrogen) atoms. The van der Waals surface area contributed by atoms with Crippen LogP contribution in [0, 0.1) is 19.8 Å². The number of hydrogen-bond donors (Lipinski definition) is 2. The Hall–Kier alpha value is -1.35. The van der Waals surface area contributed by atoms with Crippen molar-refractivity contribution in [1.29, 1.82) is 0 Å². The molecule has 2 rings (SSSR count). The summed E-state index contributed by atoms with van der Waals surface area (Å²) in [4.78, 5) is 11.9. The smallest absolute Gasteiger partial charge is 0.228 e. The third-order valence-electron chi connectivity index (χ3n) is 2.92. The van der Waals surface area contributed by atoms with E-state index in [1.165, 1.54) is 11.1 Å². The van der Waals surface area contributed by atoms with Gasteiger partial charge in [0.15, 0.2) is 0 Å². The number of nitrogens with one attached hydrogen (secondary N) is 2. The van der Waals surface area contributed by atoms with E-state index in [0.29, 0.717) is 0 Å². The van der Waals surface area contributed by atoms with E-state index in [1.54, 1.807) is 0 Å². The maximum atomic E-state index is 11.9. The first-order chi connectivity index (χ1) is 7.65. The van der Waals surface area contributed by atoms with Gasteiger partial charge in [0.1, 0.15) is 0 Å². The van der Waals surface area contributed by atoms with E-state index in [4.69, 9.17) is 0 Å². The van der Waals surface area contributed by atoms with Gasteiger partial charge in [-0.15, -0.1) is 0 Å². The van der Waals surface area contributed by atoms with Crippen LogP contribution in [-0.2, 0) is 4.79 Å². The molecule has 1 amide bonds. The predicted octanol–water partition coefficient (Wildman–Crippen LogP) is 1.85. The number of aryl methyl sites for hydroxylation is 2. The van der Waals surface area contributed by atoms with Gasteiger partial charge in [0.25, 0.3) is 0 Å². The Morgan fingerprint density at radius 2 is 2.00 bits per heavy atom. The van der Waals surface area contributed by atoms with E-state index in [9.17, 15) is 4.79 Å². The summed E-state index contributed by atoms with van der Waals surface area (Å²) in [5.74, 6) is 0.260. The Balaban J connectivity index is 2.05. The molecule has 1 fully saturated rings. The van der Waals surface area contributed by atoms with Gasteiger partial charge in [-0.25, -0.2) is 0 Å². The Morgan fingerprint density at radius 3 is 2.56 bits per heavy atom. The zero-order valence-corrected chi connectivity index (χ0v) is 9.84. The largest absolute Gasteiger partial charge is 0.326 e. The summed E-state index contributed by atoms with van der Waals surface area (Å²) in [6, 6.07) is 6.12. The van der Waals surface area contributed by atoms with Gasteiger partial charge in [-0.05, 0) is 50.1 Å². The second-order valence-corrected chi connectivity index (χ2v) is 4.56. The van der Waals surface area contributed by atoms with Crippen molar-refractivity contribution in [2.75, 3.05) is 18.4 Å². The fourth-order valence-corrected chi connectivity index (χ4v) is 2.17.